The van der Waals surface area contributed by atoms with E-state index in [1.807, 2.05) is 54.6 Å². The molecule has 1 heterocycles. The fraction of sp³-hybridized carbons (Fsp3) is 0. The Labute approximate surface area is 188 Å². The van der Waals surface area contributed by atoms with E-state index in [0.717, 1.165) is 11.4 Å². The lowest BCUT2D eigenvalue weighted by atomic mass is 10.2. The molecule has 0 bridgehead atoms. The molecule has 3 aromatic rings. The van der Waals surface area contributed by atoms with Crippen LogP contribution in [0, 0.1) is 0 Å². The van der Waals surface area contributed by atoms with Crippen molar-refractivity contribution in [3.8, 4) is 0 Å². The van der Waals surface area contributed by atoms with Crippen LogP contribution in [0.3, 0.4) is 0 Å². The van der Waals surface area contributed by atoms with Crippen molar-refractivity contribution in [2.45, 2.75) is 0 Å². The summed E-state index contributed by atoms with van der Waals surface area (Å²) >= 11 is 19.1. The number of para-hydroxylation sites is 1. The fourth-order valence-corrected chi connectivity index (χ4v) is 4.64. The van der Waals surface area contributed by atoms with Crippen LogP contribution in [0.15, 0.2) is 77.7 Å². The van der Waals surface area contributed by atoms with E-state index in [9.17, 15) is 4.79 Å². The summed E-state index contributed by atoms with van der Waals surface area (Å²) in [4.78, 5) is 15.0. The molecule has 29 heavy (non-hydrogen) atoms. The zero-order chi connectivity index (χ0) is 20.4. The molecule has 7 heteroatoms. The first kappa shape index (κ1) is 20.0. The highest BCUT2D eigenvalue weighted by Gasteiger charge is 2.33. The third kappa shape index (κ3) is 4.33. The number of nitrogens with one attached hydrogen (secondary N) is 1. The van der Waals surface area contributed by atoms with Gasteiger partial charge in [0.25, 0.3) is 5.91 Å². The number of nitrogens with zero attached hydrogens (tertiary/aromatic N) is 1. The first-order valence-electron chi connectivity index (χ1n) is 8.67. The van der Waals surface area contributed by atoms with Gasteiger partial charge in [-0.15, -0.1) is 0 Å². The Morgan fingerprint density at radius 3 is 2.14 bits per heavy atom. The smallest absolute Gasteiger partial charge is 0.270 e. The van der Waals surface area contributed by atoms with Crippen molar-refractivity contribution < 1.29 is 4.79 Å². The van der Waals surface area contributed by atoms with Crippen LogP contribution in [0.2, 0.25) is 10.0 Å². The van der Waals surface area contributed by atoms with Crippen LogP contribution in [0.4, 0.5) is 17.1 Å². The van der Waals surface area contributed by atoms with E-state index in [2.05, 4.69) is 5.32 Å². The Morgan fingerprint density at radius 2 is 1.48 bits per heavy atom. The fourth-order valence-electron chi connectivity index (χ4n) is 2.85. The lowest BCUT2D eigenvalue weighted by Gasteiger charge is -2.15. The summed E-state index contributed by atoms with van der Waals surface area (Å²) in [5.74, 6) is -0.195. The molecule has 0 atom stereocenters. The van der Waals surface area contributed by atoms with Gasteiger partial charge in [-0.2, -0.15) is 0 Å². The summed E-state index contributed by atoms with van der Waals surface area (Å²) in [6.07, 6.45) is 1.69. The van der Waals surface area contributed by atoms with Gasteiger partial charge in [0.15, 0.2) is 4.32 Å². The van der Waals surface area contributed by atoms with E-state index in [-0.39, 0.29) is 5.91 Å². The Morgan fingerprint density at radius 1 is 0.862 bits per heavy atom. The maximum absolute atomic E-state index is 13.0. The van der Waals surface area contributed by atoms with E-state index in [1.165, 1.54) is 16.7 Å². The third-order valence-electron chi connectivity index (χ3n) is 4.26. The molecule has 4 rings (SSSR count). The number of hydrogen-bond donors (Lipinski definition) is 1. The maximum atomic E-state index is 13.0. The number of carbonyl (C=O) groups excluding carboxylic acids is 1. The third-order valence-corrected chi connectivity index (χ3v) is 6.22. The molecule has 0 spiro atoms. The van der Waals surface area contributed by atoms with Crippen LogP contribution in [0.5, 0.6) is 0 Å². The number of thioether (sulfide) groups is 1. The standard InChI is InChI=1S/C22H14Cl2N2OS2/c23-18-7-4-8-19(24)17(18)13-20-21(27)26(22(28)29-20)16-11-9-15(10-12-16)25-14-5-2-1-3-6-14/h1-13,25H/b20-13-. The summed E-state index contributed by atoms with van der Waals surface area (Å²) in [6, 6.07) is 22.7. The molecule has 0 aromatic heterocycles. The number of anilines is 3. The summed E-state index contributed by atoms with van der Waals surface area (Å²) < 4.78 is 0.466. The minimum Gasteiger partial charge on any atom is -0.356 e. The van der Waals surface area contributed by atoms with Crippen LogP contribution >= 0.6 is 47.2 Å². The van der Waals surface area contributed by atoms with Gasteiger partial charge in [0.2, 0.25) is 0 Å². The molecule has 0 saturated carbocycles. The second-order valence-corrected chi connectivity index (χ2v) is 8.68. The summed E-state index contributed by atoms with van der Waals surface area (Å²) in [5, 5.41) is 4.29. The zero-order valence-electron chi connectivity index (χ0n) is 14.9. The average Bonchev–Trinajstić information content (AvgIpc) is 2.99. The molecule has 3 nitrogen and oxygen atoms in total. The topological polar surface area (TPSA) is 32.3 Å². The summed E-state index contributed by atoms with van der Waals surface area (Å²) in [5.41, 5.74) is 3.23. The van der Waals surface area contributed by atoms with Gasteiger partial charge in [0.05, 0.1) is 10.6 Å². The number of thiocarbonyl (C=S) groups is 1. The lowest BCUT2D eigenvalue weighted by Crippen LogP contribution is -2.27. The number of hydrogen-bond acceptors (Lipinski definition) is 4. The zero-order valence-corrected chi connectivity index (χ0v) is 18.1. The molecule has 1 saturated heterocycles. The van der Waals surface area contributed by atoms with E-state index in [1.54, 1.807) is 24.3 Å². The number of amides is 1. The van der Waals surface area contributed by atoms with Crippen LogP contribution in [-0.2, 0) is 4.79 Å². The minimum atomic E-state index is -0.195. The molecule has 3 aromatic carbocycles. The largest absolute Gasteiger partial charge is 0.356 e. The Hall–Kier alpha value is -2.31. The van der Waals surface area contributed by atoms with E-state index >= 15 is 0 Å². The van der Waals surface area contributed by atoms with E-state index in [0.29, 0.717) is 30.5 Å². The normalized spacial score (nSPS) is 15.2. The maximum Gasteiger partial charge on any atom is 0.270 e. The Kier molecular flexibility index (Phi) is 5.92. The van der Waals surface area contributed by atoms with Crippen molar-refractivity contribution in [2.24, 2.45) is 0 Å². The van der Waals surface area contributed by atoms with Gasteiger partial charge in [-0.3, -0.25) is 9.69 Å². The average molecular weight is 457 g/mol. The highest BCUT2D eigenvalue weighted by molar-refractivity contribution is 8.27. The van der Waals surface area contributed by atoms with Crippen molar-refractivity contribution in [3.05, 3.63) is 93.3 Å². The monoisotopic (exact) mass is 456 g/mol. The van der Waals surface area contributed by atoms with Gasteiger partial charge >= 0.3 is 0 Å². The molecule has 144 valence electrons. The van der Waals surface area contributed by atoms with Crippen LogP contribution in [0.1, 0.15) is 5.56 Å². The van der Waals surface area contributed by atoms with Crippen LogP contribution < -0.4 is 10.2 Å². The molecule has 1 fully saturated rings. The molecular weight excluding hydrogens is 443 g/mol. The van der Waals surface area contributed by atoms with Gasteiger partial charge in [-0.25, -0.2) is 0 Å². The first-order valence-corrected chi connectivity index (χ1v) is 10.6. The van der Waals surface area contributed by atoms with Gasteiger partial charge in [-0.05, 0) is 54.6 Å². The van der Waals surface area contributed by atoms with Crippen LogP contribution in [-0.4, -0.2) is 10.2 Å². The van der Waals surface area contributed by atoms with Crippen molar-refractivity contribution in [3.63, 3.8) is 0 Å². The van der Waals surface area contributed by atoms with Crippen molar-refractivity contribution in [1.29, 1.82) is 0 Å². The predicted octanol–water partition coefficient (Wildman–Crippen LogP) is 7.14. The number of rotatable bonds is 4. The van der Waals surface area contributed by atoms with Gasteiger partial charge in [0, 0.05) is 27.0 Å². The van der Waals surface area contributed by atoms with Crippen molar-refractivity contribution >= 4 is 80.5 Å². The summed E-state index contributed by atoms with van der Waals surface area (Å²) in [7, 11) is 0. The predicted molar refractivity (Wildman–Crippen MR) is 128 cm³/mol. The molecule has 1 N–H and O–H groups in total. The molecular formula is C22H14Cl2N2OS2. The first-order chi connectivity index (χ1) is 14.0. The quantitative estimate of drug-likeness (QED) is 0.333. The Bertz CT molecular complexity index is 1100. The lowest BCUT2D eigenvalue weighted by molar-refractivity contribution is -0.113. The van der Waals surface area contributed by atoms with Crippen molar-refractivity contribution in [2.75, 3.05) is 10.2 Å². The molecule has 0 radical (unpaired) electrons. The van der Waals surface area contributed by atoms with Gasteiger partial charge in [-0.1, -0.05) is 71.4 Å². The van der Waals surface area contributed by atoms with Crippen molar-refractivity contribution in [1.82, 2.24) is 0 Å². The van der Waals surface area contributed by atoms with Gasteiger partial charge in [0.1, 0.15) is 0 Å². The number of carbonyl (C=O) groups is 1. The number of benzene rings is 3. The summed E-state index contributed by atoms with van der Waals surface area (Å²) in [6.45, 7) is 0. The van der Waals surface area contributed by atoms with E-state index < -0.39 is 0 Å². The SMILES string of the molecule is O=C1/C(=C/c2c(Cl)cccc2Cl)SC(=S)N1c1ccc(Nc2ccccc2)cc1. The molecule has 0 unspecified atom stereocenters. The second kappa shape index (κ2) is 8.59. The molecule has 0 aliphatic carbocycles. The minimum absolute atomic E-state index is 0.195. The number of halogens is 2. The molecule has 1 amide bonds. The highest BCUT2D eigenvalue weighted by atomic mass is 35.5. The van der Waals surface area contributed by atoms with Crippen LogP contribution in [0.25, 0.3) is 6.08 Å². The Balaban J connectivity index is 1.57. The van der Waals surface area contributed by atoms with E-state index in [4.69, 9.17) is 35.4 Å². The highest BCUT2D eigenvalue weighted by Crippen LogP contribution is 2.38. The molecule has 1 aliphatic rings. The molecule has 1 aliphatic heterocycles. The van der Waals surface area contributed by atoms with Gasteiger partial charge < -0.3 is 5.32 Å². The second-order valence-electron chi connectivity index (χ2n) is 6.19.